The van der Waals surface area contributed by atoms with Crippen molar-refractivity contribution in [3.05, 3.63) is 87.2 Å². The number of nitrogens with zero attached hydrogens (tertiary/aromatic N) is 2. The molecule has 1 aliphatic heterocycles. The Morgan fingerprint density at radius 1 is 1.07 bits per heavy atom. The lowest BCUT2D eigenvalue weighted by Crippen LogP contribution is -2.39. The fourth-order valence-electron chi connectivity index (χ4n) is 4.46. The molecule has 218 valence electrons. The summed E-state index contributed by atoms with van der Waals surface area (Å²) in [6.07, 6.45) is 0.419. The van der Waals surface area contributed by atoms with Crippen molar-refractivity contribution < 1.29 is 28.2 Å². The molecule has 3 aromatic rings. The predicted molar refractivity (Wildman–Crippen MR) is 152 cm³/mol. The van der Waals surface area contributed by atoms with Crippen LogP contribution in [0.1, 0.15) is 45.9 Å². The minimum Gasteiger partial charge on any atom is -0.462 e. The Kier molecular flexibility index (Phi) is 9.88. The van der Waals surface area contributed by atoms with E-state index >= 15 is 0 Å². The Hall–Kier alpha value is -3.63. The van der Waals surface area contributed by atoms with Crippen LogP contribution in [0.4, 0.5) is 0 Å². The van der Waals surface area contributed by atoms with Crippen LogP contribution in [-0.4, -0.2) is 45.2 Å². The first-order valence-corrected chi connectivity index (χ1v) is 14.6. The zero-order valence-electron chi connectivity index (χ0n) is 23.7. The Morgan fingerprint density at radius 3 is 2.32 bits per heavy atom. The third-order valence-corrected chi connectivity index (χ3v) is 7.73. The molecule has 1 aromatic heterocycles. The number of benzene rings is 2. The van der Waals surface area contributed by atoms with Gasteiger partial charge in [0.25, 0.3) is 5.56 Å². The van der Waals surface area contributed by atoms with Gasteiger partial charge in [0.05, 0.1) is 23.6 Å². The summed E-state index contributed by atoms with van der Waals surface area (Å²) in [6, 6.07) is 15.4. The molecule has 1 saturated heterocycles. The standard InChI is InChI=1S/C29H34N3O8P/c1-18(2)38-28(34)21(5)32(37-17-25-16-20(4)27(39-25)31-15-14-26(33)30-29(31)35)41(36)40-24-12-10-23(11-13-24)22-8-6-19(3)7-9-22/h6-15,18,20-21,25,27H,16-17H2,1-5H3/p+1/t20-,21-,25-,27+/m0/s1. The highest BCUT2D eigenvalue weighted by Gasteiger charge is 2.44. The Bertz CT molecular complexity index is 1470. The molecule has 4 rings (SSSR count). The highest BCUT2D eigenvalue weighted by atomic mass is 31.1. The lowest BCUT2D eigenvalue weighted by molar-refractivity contribution is -0.180. The molecule has 1 fully saturated rings. The molecule has 1 aliphatic rings. The molecule has 1 N–H and O–H groups in total. The number of carbonyl (C=O) groups excluding carboxylic acids is 1. The molecule has 2 aromatic carbocycles. The Morgan fingerprint density at radius 2 is 1.71 bits per heavy atom. The van der Waals surface area contributed by atoms with E-state index in [1.165, 1.54) is 23.8 Å². The number of carbonyl (C=O) groups is 1. The highest BCUT2D eigenvalue weighted by Crippen LogP contribution is 2.37. The van der Waals surface area contributed by atoms with Crippen molar-refractivity contribution in [1.29, 1.82) is 0 Å². The zero-order chi connectivity index (χ0) is 29.7. The molecule has 1 unspecified atom stereocenters. The summed E-state index contributed by atoms with van der Waals surface area (Å²) in [4.78, 5) is 45.5. The van der Waals surface area contributed by atoms with Gasteiger partial charge in [0.1, 0.15) is 6.23 Å². The van der Waals surface area contributed by atoms with Crippen molar-refractivity contribution in [3.8, 4) is 16.9 Å². The monoisotopic (exact) mass is 584 g/mol. The fraction of sp³-hybridized carbons (Fsp3) is 0.414. The van der Waals surface area contributed by atoms with E-state index in [1.54, 1.807) is 26.0 Å². The van der Waals surface area contributed by atoms with Crippen LogP contribution in [0.15, 0.2) is 70.4 Å². The molecule has 0 aliphatic carbocycles. The van der Waals surface area contributed by atoms with Gasteiger partial charge in [-0.15, -0.1) is 0 Å². The second kappa shape index (κ2) is 13.4. The van der Waals surface area contributed by atoms with Crippen molar-refractivity contribution in [2.24, 2.45) is 5.92 Å². The number of ether oxygens (including phenoxy) is 2. The van der Waals surface area contributed by atoms with Crippen LogP contribution in [0.25, 0.3) is 11.1 Å². The first-order valence-electron chi connectivity index (χ1n) is 13.4. The minimum absolute atomic E-state index is 0.0605. The smallest absolute Gasteiger partial charge is 0.462 e. The minimum atomic E-state index is -2.67. The normalized spacial score (nSPS) is 19.8. The van der Waals surface area contributed by atoms with Crippen LogP contribution in [0, 0.1) is 12.8 Å². The van der Waals surface area contributed by atoms with Crippen LogP contribution in [-0.2, 0) is 23.7 Å². The third-order valence-electron chi connectivity index (χ3n) is 6.58. The molecular formula is C29H35N3O8P+. The molecule has 0 amide bonds. The predicted octanol–water partition coefficient (Wildman–Crippen LogP) is 4.75. The number of nitrogens with one attached hydrogen (secondary N) is 1. The summed E-state index contributed by atoms with van der Waals surface area (Å²) in [5, 5.41) is 0. The molecule has 0 spiro atoms. The number of aryl methyl sites for hydroxylation is 1. The molecule has 0 saturated carbocycles. The van der Waals surface area contributed by atoms with E-state index in [2.05, 4.69) is 4.98 Å². The van der Waals surface area contributed by atoms with E-state index in [0.717, 1.165) is 21.5 Å². The maximum absolute atomic E-state index is 13.4. The molecular weight excluding hydrogens is 549 g/mol. The van der Waals surface area contributed by atoms with Crippen LogP contribution >= 0.6 is 8.18 Å². The summed E-state index contributed by atoms with van der Waals surface area (Å²) in [6.45, 7) is 8.82. The highest BCUT2D eigenvalue weighted by molar-refractivity contribution is 7.36. The SMILES string of the molecule is Cc1ccc(-c2ccc(O[P+](=O)N(OC[C@@H]3C[C@H](C)[C@H](n4ccc(=O)[nH]c4=O)O3)[C@@H](C)C(=O)OC(C)C)cc2)cc1. The lowest BCUT2D eigenvalue weighted by Gasteiger charge is -2.20. The summed E-state index contributed by atoms with van der Waals surface area (Å²) in [5.74, 6) is -0.371. The van der Waals surface area contributed by atoms with E-state index in [9.17, 15) is 18.9 Å². The Balaban J connectivity index is 1.45. The van der Waals surface area contributed by atoms with E-state index in [4.69, 9.17) is 18.8 Å². The summed E-state index contributed by atoms with van der Waals surface area (Å²) in [5.41, 5.74) is 2.10. The first-order chi connectivity index (χ1) is 19.5. The number of rotatable bonds is 11. The van der Waals surface area contributed by atoms with Gasteiger partial charge in [0.15, 0.2) is 11.8 Å². The third kappa shape index (κ3) is 7.77. The van der Waals surface area contributed by atoms with E-state index in [1.807, 2.05) is 50.2 Å². The molecule has 2 heterocycles. The van der Waals surface area contributed by atoms with E-state index < -0.39 is 43.8 Å². The maximum Gasteiger partial charge on any atom is 0.693 e. The first kappa shape index (κ1) is 30.3. The van der Waals surface area contributed by atoms with Crippen LogP contribution in [0.5, 0.6) is 5.75 Å². The number of hydroxylamine groups is 1. The molecule has 0 radical (unpaired) electrons. The van der Waals surface area contributed by atoms with Gasteiger partial charge in [-0.05, 0) is 57.4 Å². The number of hydrogen-bond acceptors (Lipinski definition) is 8. The zero-order valence-corrected chi connectivity index (χ0v) is 24.6. The van der Waals surface area contributed by atoms with Crippen molar-refractivity contribution in [2.45, 2.75) is 65.5 Å². The second-order valence-electron chi connectivity index (χ2n) is 10.4. The van der Waals surface area contributed by atoms with Crippen LogP contribution in [0.2, 0.25) is 0 Å². The van der Waals surface area contributed by atoms with Gasteiger partial charge < -0.3 is 9.47 Å². The molecule has 41 heavy (non-hydrogen) atoms. The largest absolute Gasteiger partial charge is 0.693 e. The topological polar surface area (TPSA) is 129 Å². The van der Waals surface area contributed by atoms with Crippen LogP contribution < -0.4 is 15.8 Å². The maximum atomic E-state index is 13.4. The molecule has 0 bridgehead atoms. The lowest BCUT2D eigenvalue weighted by atomic mass is 10.0. The number of esters is 1. The number of hydrogen-bond donors (Lipinski definition) is 1. The summed E-state index contributed by atoms with van der Waals surface area (Å²) >= 11 is 0. The van der Waals surface area contributed by atoms with E-state index in [0.29, 0.717) is 12.2 Å². The molecule has 5 atom stereocenters. The van der Waals surface area contributed by atoms with E-state index in [-0.39, 0.29) is 18.6 Å². The van der Waals surface area contributed by atoms with Gasteiger partial charge in [0.2, 0.25) is 0 Å². The molecule has 11 nitrogen and oxygen atoms in total. The van der Waals surface area contributed by atoms with Gasteiger partial charge in [-0.3, -0.25) is 24.0 Å². The van der Waals surface area contributed by atoms with Gasteiger partial charge in [0, 0.05) is 22.7 Å². The number of H-pyrrole nitrogens is 1. The number of aromatic amines is 1. The van der Waals surface area contributed by atoms with Gasteiger partial charge in [-0.1, -0.05) is 48.9 Å². The van der Waals surface area contributed by atoms with Crippen molar-refractivity contribution >= 4 is 14.1 Å². The fourth-order valence-corrected chi connectivity index (χ4v) is 5.38. The second-order valence-corrected chi connectivity index (χ2v) is 11.4. The van der Waals surface area contributed by atoms with Crippen molar-refractivity contribution in [2.75, 3.05) is 6.61 Å². The summed E-state index contributed by atoms with van der Waals surface area (Å²) in [7, 11) is -2.67. The summed E-state index contributed by atoms with van der Waals surface area (Å²) < 4.78 is 31.7. The van der Waals surface area contributed by atoms with Crippen molar-refractivity contribution in [1.82, 2.24) is 14.4 Å². The quantitative estimate of drug-likeness (QED) is 0.193. The van der Waals surface area contributed by atoms with Gasteiger partial charge in [-0.2, -0.15) is 0 Å². The average molecular weight is 585 g/mol. The average Bonchev–Trinajstić information content (AvgIpc) is 3.29. The Labute approximate surface area is 238 Å². The van der Waals surface area contributed by atoms with Crippen molar-refractivity contribution in [3.63, 3.8) is 0 Å². The van der Waals surface area contributed by atoms with Gasteiger partial charge in [-0.25, -0.2) is 9.32 Å². The molecule has 12 heteroatoms. The number of aromatic nitrogens is 2. The van der Waals surface area contributed by atoms with Gasteiger partial charge >= 0.3 is 19.8 Å². The van der Waals surface area contributed by atoms with Crippen LogP contribution in [0.3, 0.4) is 0 Å².